The number of aryl methyl sites for hydroxylation is 1. The minimum Gasteiger partial charge on any atom is -0.494 e. The molecule has 0 aliphatic heterocycles. The zero-order valence-corrected chi connectivity index (χ0v) is 10.3. The Morgan fingerprint density at radius 1 is 1.47 bits per heavy atom. The van der Waals surface area contributed by atoms with E-state index in [-0.39, 0.29) is 5.75 Å². The first kappa shape index (κ1) is 11.9. The molecule has 0 saturated heterocycles. The van der Waals surface area contributed by atoms with Gasteiger partial charge in [-0.2, -0.15) is 0 Å². The number of nitrogens with zero attached hydrogens (tertiary/aromatic N) is 2. The highest BCUT2D eigenvalue weighted by atomic mass is 32.1. The zero-order valence-electron chi connectivity index (χ0n) is 9.48. The van der Waals surface area contributed by atoms with Gasteiger partial charge >= 0.3 is 0 Å². The summed E-state index contributed by atoms with van der Waals surface area (Å²) in [5, 5.41) is 3.87. The van der Waals surface area contributed by atoms with E-state index in [1.807, 2.05) is 0 Å². The molecular formula is C11H12FN3OS. The van der Waals surface area contributed by atoms with E-state index in [2.05, 4.69) is 9.59 Å². The maximum Gasteiger partial charge on any atom is 0.170 e. The van der Waals surface area contributed by atoms with Crippen LogP contribution < -0.4 is 10.5 Å². The van der Waals surface area contributed by atoms with Crippen molar-refractivity contribution >= 4 is 11.5 Å². The molecule has 0 saturated carbocycles. The minimum absolute atomic E-state index is 0.188. The van der Waals surface area contributed by atoms with E-state index < -0.39 is 11.9 Å². The lowest BCUT2D eigenvalue weighted by Gasteiger charge is -2.13. The second kappa shape index (κ2) is 4.77. The van der Waals surface area contributed by atoms with Gasteiger partial charge in [-0.25, -0.2) is 4.39 Å². The summed E-state index contributed by atoms with van der Waals surface area (Å²) in [7, 11) is 1.42. The molecule has 0 fully saturated rings. The van der Waals surface area contributed by atoms with Gasteiger partial charge in [0.2, 0.25) is 0 Å². The molecule has 0 aliphatic carbocycles. The van der Waals surface area contributed by atoms with E-state index in [9.17, 15) is 4.39 Å². The van der Waals surface area contributed by atoms with Gasteiger partial charge in [0, 0.05) is 5.56 Å². The molecule has 0 bridgehead atoms. The normalized spacial score (nSPS) is 12.5. The Hall–Kier alpha value is -1.53. The lowest BCUT2D eigenvalue weighted by Crippen LogP contribution is -2.13. The fraction of sp³-hybridized carbons (Fsp3) is 0.273. The molecule has 17 heavy (non-hydrogen) atoms. The van der Waals surface area contributed by atoms with Gasteiger partial charge in [-0.15, -0.1) is 5.10 Å². The fourth-order valence-corrected chi connectivity index (χ4v) is 2.25. The van der Waals surface area contributed by atoms with Gasteiger partial charge in [-0.3, -0.25) is 0 Å². The summed E-state index contributed by atoms with van der Waals surface area (Å²) in [6, 6.07) is 4.34. The molecule has 2 aromatic rings. The van der Waals surface area contributed by atoms with Gasteiger partial charge in [-0.05, 0) is 24.5 Å². The minimum atomic E-state index is -0.565. The zero-order chi connectivity index (χ0) is 12.4. The molecule has 0 aliphatic rings. The molecule has 1 unspecified atom stereocenters. The number of hydrogen-bond acceptors (Lipinski definition) is 5. The van der Waals surface area contributed by atoms with Crippen LogP contribution in [0.5, 0.6) is 5.75 Å². The first-order valence-electron chi connectivity index (χ1n) is 5.02. The molecule has 2 N–H and O–H groups in total. The van der Waals surface area contributed by atoms with E-state index >= 15 is 0 Å². The van der Waals surface area contributed by atoms with E-state index in [1.165, 1.54) is 18.6 Å². The topological polar surface area (TPSA) is 61.0 Å². The molecule has 90 valence electrons. The number of rotatable bonds is 3. The molecule has 0 radical (unpaired) electrons. The lowest BCUT2D eigenvalue weighted by atomic mass is 10.0. The SMILES string of the molecule is COc1cccc(C(N)c2snnc2C)c1F. The third kappa shape index (κ3) is 2.13. The number of benzene rings is 1. The molecule has 1 atom stereocenters. The van der Waals surface area contributed by atoms with E-state index in [4.69, 9.17) is 10.5 Å². The van der Waals surface area contributed by atoms with Crippen molar-refractivity contribution in [3.63, 3.8) is 0 Å². The van der Waals surface area contributed by atoms with Crippen molar-refractivity contribution in [1.29, 1.82) is 0 Å². The van der Waals surface area contributed by atoms with Crippen LogP contribution >= 0.6 is 11.5 Å². The predicted octanol–water partition coefficient (Wildman–Crippen LogP) is 2.04. The van der Waals surface area contributed by atoms with Crippen molar-refractivity contribution in [2.75, 3.05) is 7.11 Å². The summed E-state index contributed by atoms with van der Waals surface area (Å²) in [5.41, 5.74) is 7.13. The molecule has 1 aromatic carbocycles. The molecule has 1 heterocycles. The number of halogens is 1. The quantitative estimate of drug-likeness (QED) is 0.909. The highest BCUT2D eigenvalue weighted by Crippen LogP contribution is 2.30. The second-order valence-electron chi connectivity index (χ2n) is 3.56. The number of methoxy groups -OCH3 is 1. The van der Waals surface area contributed by atoms with Crippen LogP contribution in [0.4, 0.5) is 4.39 Å². The first-order valence-corrected chi connectivity index (χ1v) is 5.79. The summed E-state index contributed by atoms with van der Waals surface area (Å²) in [5.74, 6) is -0.247. The van der Waals surface area contributed by atoms with E-state index in [1.54, 1.807) is 25.1 Å². The average molecular weight is 253 g/mol. The van der Waals surface area contributed by atoms with Crippen LogP contribution in [-0.4, -0.2) is 16.7 Å². The monoisotopic (exact) mass is 253 g/mol. The third-order valence-corrected chi connectivity index (χ3v) is 3.43. The van der Waals surface area contributed by atoms with Crippen molar-refractivity contribution in [3.05, 3.63) is 40.2 Å². The molecule has 0 amide bonds. The van der Waals surface area contributed by atoms with Crippen LogP contribution in [0.15, 0.2) is 18.2 Å². The van der Waals surface area contributed by atoms with Gasteiger partial charge in [0.25, 0.3) is 0 Å². The first-order chi connectivity index (χ1) is 8.15. The van der Waals surface area contributed by atoms with Crippen LogP contribution in [0.1, 0.15) is 22.2 Å². The van der Waals surface area contributed by atoms with Gasteiger partial charge in [0.05, 0.1) is 23.7 Å². The molecule has 0 spiro atoms. The van der Waals surface area contributed by atoms with Gasteiger partial charge in [-0.1, -0.05) is 16.6 Å². The van der Waals surface area contributed by atoms with Crippen LogP contribution in [-0.2, 0) is 0 Å². The van der Waals surface area contributed by atoms with Crippen LogP contribution in [0.3, 0.4) is 0 Å². The number of aromatic nitrogens is 2. The second-order valence-corrected chi connectivity index (χ2v) is 4.35. The van der Waals surface area contributed by atoms with E-state index in [0.717, 1.165) is 10.6 Å². The van der Waals surface area contributed by atoms with Gasteiger partial charge in [0.15, 0.2) is 11.6 Å². The fourth-order valence-electron chi connectivity index (χ4n) is 1.59. The largest absolute Gasteiger partial charge is 0.494 e. The molecule has 6 heteroatoms. The summed E-state index contributed by atoms with van der Waals surface area (Å²) >= 11 is 1.18. The summed E-state index contributed by atoms with van der Waals surface area (Å²) in [6.45, 7) is 1.80. The van der Waals surface area contributed by atoms with Crippen molar-refractivity contribution in [3.8, 4) is 5.75 Å². The Bertz CT molecular complexity index is 529. The van der Waals surface area contributed by atoms with Crippen molar-refractivity contribution in [2.45, 2.75) is 13.0 Å². The number of hydrogen-bond donors (Lipinski definition) is 1. The Morgan fingerprint density at radius 2 is 2.24 bits per heavy atom. The standard InChI is InChI=1S/C11H12FN3OS/c1-6-11(17-15-14-6)10(13)7-4-3-5-8(16-2)9(7)12/h3-5,10H,13H2,1-2H3. The van der Waals surface area contributed by atoms with Gasteiger partial charge < -0.3 is 10.5 Å². The highest BCUT2D eigenvalue weighted by molar-refractivity contribution is 7.05. The van der Waals surface area contributed by atoms with Crippen molar-refractivity contribution < 1.29 is 9.13 Å². The molecular weight excluding hydrogens is 241 g/mol. The Labute approximate surface area is 102 Å². The lowest BCUT2D eigenvalue weighted by molar-refractivity contribution is 0.383. The van der Waals surface area contributed by atoms with Crippen LogP contribution in [0, 0.1) is 12.7 Å². The van der Waals surface area contributed by atoms with Gasteiger partial charge in [0.1, 0.15) is 0 Å². The van der Waals surface area contributed by atoms with Crippen LogP contribution in [0.25, 0.3) is 0 Å². The van der Waals surface area contributed by atoms with Crippen LogP contribution in [0.2, 0.25) is 0 Å². The summed E-state index contributed by atoms with van der Waals surface area (Å²) in [6.07, 6.45) is 0. The predicted molar refractivity (Wildman–Crippen MR) is 63.6 cm³/mol. The smallest absolute Gasteiger partial charge is 0.170 e. The number of ether oxygens (including phenoxy) is 1. The Balaban J connectivity index is 2.44. The summed E-state index contributed by atoms with van der Waals surface area (Å²) in [4.78, 5) is 0.761. The maximum atomic E-state index is 14.0. The molecule has 2 rings (SSSR count). The maximum absolute atomic E-state index is 14.0. The third-order valence-electron chi connectivity index (χ3n) is 2.52. The number of nitrogens with two attached hydrogens (primary N) is 1. The summed E-state index contributed by atoms with van der Waals surface area (Å²) < 4.78 is 22.7. The Kier molecular flexibility index (Phi) is 3.35. The van der Waals surface area contributed by atoms with Crippen molar-refractivity contribution in [1.82, 2.24) is 9.59 Å². The molecule has 4 nitrogen and oxygen atoms in total. The van der Waals surface area contributed by atoms with E-state index in [0.29, 0.717) is 5.56 Å². The molecule has 1 aromatic heterocycles. The van der Waals surface area contributed by atoms with Crippen molar-refractivity contribution in [2.24, 2.45) is 5.73 Å². The average Bonchev–Trinajstić information content (AvgIpc) is 2.75. The highest BCUT2D eigenvalue weighted by Gasteiger charge is 2.20. The Morgan fingerprint density at radius 3 is 2.82 bits per heavy atom.